The Morgan fingerprint density at radius 3 is 2.38 bits per heavy atom. The second-order valence-electron chi connectivity index (χ2n) is 5.61. The van der Waals surface area contributed by atoms with Crippen LogP contribution in [0, 0.1) is 6.92 Å². The lowest BCUT2D eigenvalue weighted by Crippen LogP contribution is -2.05. The van der Waals surface area contributed by atoms with Crippen LogP contribution in [0.25, 0.3) is 0 Å². The van der Waals surface area contributed by atoms with Gasteiger partial charge >= 0.3 is 0 Å². The maximum atomic E-state index is 2.47. The third-order valence-corrected chi connectivity index (χ3v) is 4.00. The Bertz CT molecular complexity index is 343. The minimum Gasteiger partial charge on any atom is -0.0588 e. The SMILES string of the molecule is Cc1ccc(C2CCCCC2)cc1C(C)C. The molecule has 1 aliphatic carbocycles. The summed E-state index contributed by atoms with van der Waals surface area (Å²) in [5, 5.41) is 0. The molecule has 1 aromatic carbocycles. The van der Waals surface area contributed by atoms with E-state index in [-0.39, 0.29) is 0 Å². The van der Waals surface area contributed by atoms with Gasteiger partial charge in [-0.25, -0.2) is 0 Å². The van der Waals surface area contributed by atoms with Gasteiger partial charge in [0, 0.05) is 0 Å². The fourth-order valence-electron chi connectivity index (χ4n) is 2.97. The van der Waals surface area contributed by atoms with Crippen LogP contribution in [0.1, 0.15) is 74.5 Å². The van der Waals surface area contributed by atoms with Crippen LogP contribution in [0.3, 0.4) is 0 Å². The highest BCUT2D eigenvalue weighted by Gasteiger charge is 2.16. The zero-order valence-corrected chi connectivity index (χ0v) is 10.9. The van der Waals surface area contributed by atoms with Gasteiger partial charge in [-0.05, 0) is 48.3 Å². The first kappa shape index (κ1) is 11.7. The second-order valence-corrected chi connectivity index (χ2v) is 5.61. The fourth-order valence-corrected chi connectivity index (χ4v) is 2.97. The Morgan fingerprint density at radius 1 is 1.06 bits per heavy atom. The largest absolute Gasteiger partial charge is 0.0588 e. The smallest absolute Gasteiger partial charge is 0.0162 e. The summed E-state index contributed by atoms with van der Waals surface area (Å²) in [5.41, 5.74) is 4.59. The third-order valence-electron chi connectivity index (χ3n) is 4.00. The van der Waals surface area contributed by atoms with Gasteiger partial charge in [-0.15, -0.1) is 0 Å². The summed E-state index contributed by atoms with van der Waals surface area (Å²) in [6.45, 7) is 6.83. The van der Waals surface area contributed by atoms with Gasteiger partial charge in [-0.1, -0.05) is 51.3 Å². The number of benzene rings is 1. The van der Waals surface area contributed by atoms with E-state index in [1.54, 1.807) is 11.1 Å². The maximum absolute atomic E-state index is 2.47. The minimum absolute atomic E-state index is 0.656. The summed E-state index contributed by atoms with van der Waals surface area (Å²) in [5.74, 6) is 1.50. The Kier molecular flexibility index (Phi) is 3.68. The van der Waals surface area contributed by atoms with Gasteiger partial charge in [0.15, 0.2) is 0 Å². The van der Waals surface area contributed by atoms with Gasteiger partial charge in [0.1, 0.15) is 0 Å². The highest BCUT2D eigenvalue weighted by molar-refractivity contribution is 5.35. The van der Waals surface area contributed by atoms with Crippen LogP contribution in [0.5, 0.6) is 0 Å². The molecular formula is C16H24. The monoisotopic (exact) mass is 216 g/mol. The first-order valence-electron chi connectivity index (χ1n) is 6.79. The molecule has 0 amide bonds. The van der Waals surface area contributed by atoms with Gasteiger partial charge in [0.05, 0.1) is 0 Å². The van der Waals surface area contributed by atoms with E-state index in [0.717, 1.165) is 5.92 Å². The predicted octanol–water partition coefficient (Wildman–Crippen LogP) is 5.17. The zero-order valence-electron chi connectivity index (χ0n) is 10.9. The predicted molar refractivity (Wildman–Crippen MR) is 71.1 cm³/mol. The number of rotatable bonds is 2. The van der Waals surface area contributed by atoms with Gasteiger partial charge in [-0.2, -0.15) is 0 Å². The van der Waals surface area contributed by atoms with E-state index in [9.17, 15) is 0 Å². The Labute approximate surface area is 100 Å². The van der Waals surface area contributed by atoms with Crippen LogP contribution in [0.15, 0.2) is 18.2 Å². The van der Waals surface area contributed by atoms with E-state index < -0.39 is 0 Å². The molecule has 0 aromatic heterocycles. The maximum Gasteiger partial charge on any atom is -0.0162 e. The van der Waals surface area contributed by atoms with Crippen molar-refractivity contribution in [3.8, 4) is 0 Å². The van der Waals surface area contributed by atoms with Crippen molar-refractivity contribution in [3.63, 3.8) is 0 Å². The van der Waals surface area contributed by atoms with E-state index in [1.807, 2.05) is 0 Å². The highest BCUT2D eigenvalue weighted by Crippen LogP contribution is 2.34. The van der Waals surface area contributed by atoms with Crippen molar-refractivity contribution in [3.05, 3.63) is 34.9 Å². The molecule has 0 aliphatic heterocycles. The van der Waals surface area contributed by atoms with Crippen molar-refractivity contribution in [2.24, 2.45) is 0 Å². The summed E-state index contributed by atoms with van der Waals surface area (Å²) in [6.07, 6.45) is 7.10. The fraction of sp³-hybridized carbons (Fsp3) is 0.625. The van der Waals surface area contributed by atoms with Crippen molar-refractivity contribution in [1.29, 1.82) is 0 Å². The summed E-state index contributed by atoms with van der Waals surface area (Å²) < 4.78 is 0. The van der Waals surface area contributed by atoms with E-state index in [0.29, 0.717) is 5.92 Å². The number of hydrogen-bond acceptors (Lipinski definition) is 0. The molecule has 0 atom stereocenters. The summed E-state index contributed by atoms with van der Waals surface area (Å²) in [6, 6.07) is 7.15. The lowest BCUT2D eigenvalue weighted by Gasteiger charge is -2.23. The molecule has 0 heterocycles. The van der Waals surface area contributed by atoms with Gasteiger partial charge < -0.3 is 0 Å². The molecule has 0 spiro atoms. The Hall–Kier alpha value is -0.780. The molecule has 0 bridgehead atoms. The minimum atomic E-state index is 0.656. The average molecular weight is 216 g/mol. The second kappa shape index (κ2) is 5.03. The number of hydrogen-bond donors (Lipinski definition) is 0. The van der Waals surface area contributed by atoms with Crippen LogP contribution >= 0.6 is 0 Å². The van der Waals surface area contributed by atoms with Crippen LogP contribution in [-0.4, -0.2) is 0 Å². The molecule has 0 radical (unpaired) electrons. The molecule has 1 saturated carbocycles. The molecule has 1 aliphatic rings. The van der Waals surface area contributed by atoms with Crippen molar-refractivity contribution in [2.45, 2.75) is 64.7 Å². The van der Waals surface area contributed by atoms with E-state index in [4.69, 9.17) is 0 Å². The molecule has 16 heavy (non-hydrogen) atoms. The molecule has 0 nitrogen and oxygen atoms in total. The zero-order chi connectivity index (χ0) is 11.5. The third kappa shape index (κ3) is 2.48. The molecule has 2 rings (SSSR count). The molecule has 0 N–H and O–H groups in total. The first-order chi connectivity index (χ1) is 7.68. The van der Waals surface area contributed by atoms with Crippen LogP contribution < -0.4 is 0 Å². The molecular weight excluding hydrogens is 192 g/mol. The van der Waals surface area contributed by atoms with Crippen molar-refractivity contribution < 1.29 is 0 Å². The average Bonchev–Trinajstić information content (AvgIpc) is 2.30. The van der Waals surface area contributed by atoms with Gasteiger partial charge in [-0.3, -0.25) is 0 Å². The van der Waals surface area contributed by atoms with Crippen molar-refractivity contribution in [1.82, 2.24) is 0 Å². The first-order valence-corrected chi connectivity index (χ1v) is 6.79. The molecule has 1 aromatic rings. The van der Waals surface area contributed by atoms with Crippen LogP contribution in [0.4, 0.5) is 0 Å². The number of aryl methyl sites for hydroxylation is 1. The quantitative estimate of drug-likeness (QED) is 0.640. The Morgan fingerprint density at radius 2 is 1.75 bits per heavy atom. The van der Waals surface area contributed by atoms with E-state index >= 15 is 0 Å². The van der Waals surface area contributed by atoms with Crippen molar-refractivity contribution >= 4 is 0 Å². The Balaban J connectivity index is 2.24. The molecule has 88 valence electrons. The highest BCUT2D eigenvalue weighted by atomic mass is 14.2. The topological polar surface area (TPSA) is 0 Å². The normalized spacial score (nSPS) is 18.0. The van der Waals surface area contributed by atoms with Crippen molar-refractivity contribution in [2.75, 3.05) is 0 Å². The van der Waals surface area contributed by atoms with Gasteiger partial charge in [0.2, 0.25) is 0 Å². The molecule has 0 unspecified atom stereocenters. The molecule has 1 fully saturated rings. The lowest BCUT2D eigenvalue weighted by atomic mass is 9.82. The summed E-state index contributed by atoms with van der Waals surface area (Å²) in [7, 11) is 0. The van der Waals surface area contributed by atoms with E-state index in [1.165, 1.54) is 37.7 Å². The lowest BCUT2D eigenvalue weighted by molar-refractivity contribution is 0.443. The van der Waals surface area contributed by atoms with Crippen LogP contribution in [0.2, 0.25) is 0 Å². The van der Waals surface area contributed by atoms with E-state index in [2.05, 4.69) is 39.0 Å². The molecule has 0 heteroatoms. The summed E-state index contributed by atoms with van der Waals surface area (Å²) >= 11 is 0. The summed E-state index contributed by atoms with van der Waals surface area (Å²) in [4.78, 5) is 0. The van der Waals surface area contributed by atoms with Crippen LogP contribution in [-0.2, 0) is 0 Å². The molecule has 0 saturated heterocycles. The van der Waals surface area contributed by atoms with Gasteiger partial charge in [0.25, 0.3) is 0 Å². The standard InChI is InChI=1S/C16H24/c1-12(2)16-11-15(10-9-13(16)3)14-7-5-4-6-8-14/h9-12,14H,4-8H2,1-3H3.